The van der Waals surface area contributed by atoms with E-state index in [-0.39, 0.29) is 5.69 Å². The normalized spacial score (nSPS) is 13.3. The second-order valence-electron chi connectivity index (χ2n) is 6.09. The molecule has 134 valence electrons. The Balaban J connectivity index is 1.78. The van der Waals surface area contributed by atoms with E-state index < -0.39 is 4.92 Å². The molecular weight excluding hydrogens is 342 g/mol. The van der Waals surface area contributed by atoms with E-state index in [0.29, 0.717) is 5.84 Å². The summed E-state index contributed by atoms with van der Waals surface area (Å²) in [7, 11) is 0. The van der Waals surface area contributed by atoms with Gasteiger partial charge in [-0.25, -0.2) is 0 Å². The molecule has 4 rings (SSSR count). The van der Waals surface area contributed by atoms with Gasteiger partial charge in [0.05, 0.1) is 16.3 Å². The number of nitrogens with one attached hydrogen (secondary N) is 1. The first-order chi connectivity index (χ1) is 13.1. The largest absolute Gasteiger partial charge is 0.269 e. The lowest BCUT2D eigenvalue weighted by molar-refractivity contribution is -0.384. The second-order valence-corrected chi connectivity index (χ2v) is 6.09. The number of hydrazine groups is 2. The Labute approximate surface area is 156 Å². The predicted octanol–water partition coefficient (Wildman–Crippen LogP) is 4.01. The summed E-state index contributed by atoms with van der Waals surface area (Å²) in [4.78, 5) is 10.7. The van der Waals surface area contributed by atoms with Crippen molar-refractivity contribution >= 4 is 22.9 Å². The maximum absolute atomic E-state index is 11.1. The number of hydrogen-bond donors (Lipinski definition) is 1. The Morgan fingerprint density at radius 2 is 1.63 bits per heavy atom. The standard InChI is InChI=1S/C20H17N5O2/c1-15-14-18(25(26)27)12-13-19(15)24-22-20(16-8-4-2-5-9-16)21-23(24)17-10-6-3-7-11-17/h2-14H,1H3,(H,21,22). The minimum absolute atomic E-state index is 0.0573. The zero-order valence-corrected chi connectivity index (χ0v) is 14.6. The molecule has 0 unspecified atom stereocenters. The zero-order chi connectivity index (χ0) is 18.8. The highest BCUT2D eigenvalue weighted by molar-refractivity contribution is 6.02. The summed E-state index contributed by atoms with van der Waals surface area (Å²) in [6, 6.07) is 24.3. The summed E-state index contributed by atoms with van der Waals surface area (Å²) >= 11 is 0. The first kappa shape index (κ1) is 16.6. The van der Waals surface area contributed by atoms with Gasteiger partial charge in [-0.3, -0.25) is 15.5 Å². The topological polar surface area (TPSA) is 74.0 Å². The van der Waals surface area contributed by atoms with Crippen LogP contribution in [0.4, 0.5) is 17.1 Å². The Morgan fingerprint density at radius 1 is 0.963 bits per heavy atom. The van der Waals surface area contributed by atoms with Gasteiger partial charge in [-0.15, -0.1) is 5.10 Å². The van der Waals surface area contributed by atoms with Gasteiger partial charge in [0.25, 0.3) is 5.69 Å². The van der Waals surface area contributed by atoms with Crippen LogP contribution in [0, 0.1) is 17.0 Å². The van der Waals surface area contributed by atoms with E-state index in [1.165, 1.54) is 6.07 Å². The summed E-state index contributed by atoms with van der Waals surface area (Å²) in [6.07, 6.45) is 0. The molecule has 0 atom stereocenters. The van der Waals surface area contributed by atoms with Crippen molar-refractivity contribution in [2.75, 3.05) is 10.2 Å². The lowest BCUT2D eigenvalue weighted by Gasteiger charge is -2.28. The molecular formula is C20H17N5O2. The first-order valence-electron chi connectivity index (χ1n) is 8.44. The Kier molecular flexibility index (Phi) is 4.18. The van der Waals surface area contributed by atoms with Crippen LogP contribution in [-0.2, 0) is 0 Å². The molecule has 3 aromatic carbocycles. The molecule has 0 aliphatic carbocycles. The molecule has 1 aliphatic heterocycles. The minimum atomic E-state index is -0.396. The molecule has 1 aliphatic rings. The van der Waals surface area contributed by atoms with Crippen molar-refractivity contribution in [1.29, 1.82) is 0 Å². The van der Waals surface area contributed by atoms with Gasteiger partial charge in [-0.1, -0.05) is 48.5 Å². The molecule has 3 aromatic rings. The number of benzene rings is 3. The number of hydrogen-bond acceptors (Lipinski definition) is 6. The van der Waals surface area contributed by atoms with Crippen molar-refractivity contribution in [3.05, 3.63) is 100 Å². The molecule has 0 radical (unpaired) electrons. The summed E-state index contributed by atoms with van der Waals surface area (Å²) in [6.45, 7) is 1.83. The van der Waals surface area contributed by atoms with Crippen molar-refractivity contribution in [3.63, 3.8) is 0 Å². The van der Waals surface area contributed by atoms with E-state index in [9.17, 15) is 10.1 Å². The van der Waals surface area contributed by atoms with Gasteiger partial charge in [0.15, 0.2) is 5.84 Å². The number of nitro groups is 1. The van der Waals surface area contributed by atoms with Crippen molar-refractivity contribution in [1.82, 2.24) is 5.43 Å². The fourth-order valence-corrected chi connectivity index (χ4v) is 2.91. The molecule has 0 saturated heterocycles. The SMILES string of the molecule is Cc1cc([N+](=O)[O-])ccc1N1N=C(c2ccccc2)NN1c1ccccc1. The third kappa shape index (κ3) is 3.18. The molecule has 0 fully saturated rings. The molecule has 7 heteroatoms. The quantitative estimate of drug-likeness (QED) is 0.563. The number of non-ortho nitro benzene ring substituents is 1. The van der Waals surface area contributed by atoms with Gasteiger partial charge in [-0.2, -0.15) is 10.2 Å². The average Bonchev–Trinajstić information content (AvgIpc) is 3.14. The van der Waals surface area contributed by atoms with Crippen LogP contribution in [0.1, 0.15) is 11.1 Å². The van der Waals surface area contributed by atoms with Crippen molar-refractivity contribution < 1.29 is 4.92 Å². The van der Waals surface area contributed by atoms with Gasteiger partial charge in [0.1, 0.15) is 0 Å². The number of nitro benzene ring substituents is 1. The third-order valence-corrected chi connectivity index (χ3v) is 4.25. The van der Waals surface area contributed by atoms with E-state index in [1.807, 2.05) is 72.7 Å². The maximum Gasteiger partial charge on any atom is 0.269 e. The van der Waals surface area contributed by atoms with E-state index in [0.717, 1.165) is 22.5 Å². The molecule has 0 amide bonds. The molecule has 1 N–H and O–H groups in total. The smallest absolute Gasteiger partial charge is 0.259 e. The van der Waals surface area contributed by atoms with Crippen LogP contribution in [0.15, 0.2) is 84.0 Å². The highest BCUT2D eigenvalue weighted by Crippen LogP contribution is 2.30. The summed E-state index contributed by atoms with van der Waals surface area (Å²) in [5, 5.41) is 19.3. The Morgan fingerprint density at radius 3 is 2.26 bits per heavy atom. The molecule has 0 aromatic heterocycles. The van der Waals surface area contributed by atoms with Crippen LogP contribution in [-0.4, -0.2) is 10.8 Å². The van der Waals surface area contributed by atoms with E-state index >= 15 is 0 Å². The monoisotopic (exact) mass is 359 g/mol. The molecule has 27 heavy (non-hydrogen) atoms. The van der Waals surface area contributed by atoms with Crippen LogP contribution in [0.3, 0.4) is 0 Å². The molecule has 0 saturated carbocycles. The van der Waals surface area contributed by atoms with E-state index in [4.69, 9.17) is 5.10 Å². The highest BCUT2D eigenvalue weighted by atomic mass is 16.6. The van der Waals surface area contributed by atoms with Gasteiger partial charge in [0, 0.05) is 17.7 Å². The summed E-state index contributed by atoms with van der Waals surface area (Å²) in [5.74, 6) is 0.692. The molecule has 7 nitrogen and oxygen atoms in total. The first-order valence-corrected chi connectivity index (χ1v) is 8.44. The number of para-hydroxylation sites is 1. The van der Waals surface area contributed by atoms with Crippen molar-refractivity contribution in [2.45, 2.75) is 6.92 Å². The lowest BCUT2D eigenvalue weighted by atomic mass is 10.2. The van der Waals surface area contributed by atoms with Crippen LogP contribution >= 0.6 is 0 Å². The number of amidine groups is 1. The molecule has 0 spiro atoms. The summed E-state index contributed by atoms with van der Waals surface area (Å²) < 4.78 is 0. The zero-order valence-electron chi connectivity index (χ0n) is 14.6. The van der Waals surface area contributed by atoms with Gasteiger partial charge < -0.3 is 0 Å². The summed E-state index contributed by atoms with van der Waals surface area (Å²) in [5.41, 5.74) is 6.72. The van der Waals surface area contributed by atoms with Gasteiger partial charge >= 0.3 is 0 Å². The Bertz CT molecular complexity index is 1010. The number of aryl methyl sites for hydroxylation is 1. The van der Waals surface area contributed by atoms with Crippen molar-refractivity contribution in [2.24, 2.45) is 5.10 Å². The van der Waals surface area contributed by atoms with E-state index in [2.05, 4.69) is 5.43 Å². The van der Waals surface area contributed by atoms with Gasteiger partial charge in [-0.05, 0) is 30.7 Å². The fraction of sp³-hybridized carbons (Fsp3) is 0.0500. The minimum Gasteiger partial charge on any atom is -0.259 e. The number of anilines is 2. The fourth-order valence-electron chi connectivity index (χ4n) is 2.91. The van der Waals surface area contributed by atoms with Crippen LogP contribution < -0.4 is 15.7 Å². The van der Waals surface area contributed by atoms with Crippen LogP contribution in [0.25, 0.3) is 0 Å². The van der Waals surface area contributed by atoms with Crippen LogP contribution in [0.5, 0.6) is 0 Å². The van der Waals surface area contributed by atoms with E-state index in [1.54, 1.807) is 17.3 Å². The predicted molar refractivity (Wildman–Crippen MR) is 105 cm³/mol. The number of rotatable bonds is 4. The number of nitrogens with zero attached hydrogens (tertiary/aromatic N) is 4. The molecule has 0 bridgehead atoms. The Hall–Kier alpha value is -3.87. The van der Waals surface area contributed by atoms with Gasteiger partial charge in [0.2, 0.25) is 0 Å². The second kappa shape index (κ2) is 6.80. The molecule has 1 heterocycles. The number of hydrazone groups is 1. The maximum atomic E-state index is 11.1. The lowest BCUT2D eigenvalue weighted by Crippen LogP contribution is -2.44. The highest BCUT2D eigenvalue weighted by Gasteiger charge is 2.27. The third-order valence-electron chi connectivity index (χ3n) is 4.25. The average molecular weight is 359 g/mol. The van der Waals surface area contributed by atoms with Crippen molar-refractivity contribution in [3.8, 4) is 0 Å². The van der Waals surface area contributed by atoms with Crippen LogP contribution in [0.2, 0.25) is 0 Å².